The highest BCUT2D eigenvalue weighted by molar-refractivity contribution is 5.93. The highest BCUT2D eigenvalue weighted by Gasteiger charge is 2.26. The predicted molar refractivity (Wildman–Crippen MR) is 157 cm³/mol. The van der Waals surface area contributed by atoms with Gasteiger partial charge in [-0.2, -0.15) is 0 Å². The first-order chi connectivity index (χ1) is 18.6. The van der Waals surface area contributed by atoms with Crippen molar-refractivity contribution in [2.75, 3.05) is 31.7 Å². The summed E-state index contributed by atoms with van der Waals surface area (Å²) in [6.45, 7) is 9.42. The molecule has 1 aromatic carbocycles. The van der Waals surface area contributed by atoms with Gasteiger partial charge in [0.25, 0.3) is 0 Å². The summed E-state index contributed by atoms with van der Waals surface area (Å²) in [4.78, 5) is 55.5. The van der Waals surface area contributed by atoms with Gasteiger partial charge in [0.05, 0.1) is 7.11 Å². The lowest BCUT2D eigenvalue weighted by Crippen LogP contribution is -2.52. The Labute approximate surface area is 241 Å². The number of nitrogens with zero attached hydrogens (tertiary/aromatic N) is 2. The number of methoxy groups -OCH3 is 1. The number of amides is 3. The van der Waals surface area contributed by atoms with Gasteiger partial charge >= 0.3 is 5.97 Å². The summed E-state index contributed by atoms with van der Waals surface area (Å²) in [7, 11) is 1.22. The highest BCUT2D eigenvalue weighted by Crippen LogP contribution is 2.20. The number of guanidine groups is 1. The van der Waals surface area contributed by atoms with Gasteiger partial charge in [-0.05, 0) is 49.9 Å². The monoisotopic (exact) mass is 580 g/mol. The number of rotatable bonds is 18. The minimum atomic E-state index is -0.937. The number of esters is 1. The first kappa shape index (κ1) is 35.9. The average Bonchev–Trinajstić information content (AvgIpc) is 2.90. The number of nitrogens with one attached hydrogen (secondary N) is 2. The van der Waals surface area contributed by atoms with Gasteiger partial charge in [-0.1, -0.05) is 18.7 Å². The summed E-state index contributed by atoms with van der Waals surface area (Å²) in [5.41, 5.74) is 11.3. The van der Waals surface area contributed by atoms with Crippen LogP contribution in [-0.4, -0.2) is 68.5 Å². The molecule has 0 saturated heterocycles. The van der Waals surface area contributed by atoms with Gasteiger partial charge in [0, 0.05) is 32.1 Å². The number of halogens is 1. The Kier molecular flexibility index (Phi) is 17.9. The summed E-state index contributed by atoms with van der Waals surface area (Å²) in [5.74, 6) is -1.26. The van der Waals surface area contributed by atoms with Gasteiger partial charge in [-0.15, -0.1) is 19.0 Å². The van der Waals surface area contributed by atoms with E-state index >= 15 is 0 Å². The summed E-state index contributed by atoms with van der Waals surface area (Å²) in [6.07, 6.45) is 4.60. The van der Waals surface area contributed by atoms with E-state index in [-0.39, 0.29) is 50.1 Å². The van der Waals surface area contributed by atoms with Crippen molar-refractivity contribution in [3.05, 3.63) is 49.6 Å². The maximum atomic E-state index is 13.0. The minimum Gasteiger partial charge on any atom is -0.490 e. The predicted octanol–water partition coefficient (Wildman–Crippen LogP) is 1.58. The molecule has 0 unspecified atom stereocenters. The van der Waals surface area contributed by atoms with Crippen LogP contribution in [0.15, 0.2) is 54.6 Å². The molecule has 3 amide bonds. The van der Waals surface area contributed by atoms with E-state index in [0.29, 0.717) is 37.4 Å². The van der Waals surface area contributed by atoms with Crippen LogP contribution in [0.2, 0.25) is 0 Å². The van der Waals surface area contributed by atoms with Crippen molar-refractivity contribution in [3.63, 3.8) is 0 Å². The van der Waals surface area contributed by atoms with Gasteiger partial charge in [0.1, 0.15) is 24.4 Å². The third-order valence-corrected chi connectivity index (χ3v) is 5.51. The molecule has 0 fully saturated rings. The summed E-state index contributed by atoms with van der Waals surface area (Å²) < 4.78 is 10.2. The Morgan fingerprint density at radius 1 is 1.05 bits per heavy atom. The van der Waals surface area contributed by atoms with Crippen molar-refractivity contribution in [2.24, 2.45) is 16.5 Å². The van der Waals surface area contributed by atoms with E-state index in [2.05, 4.69) is 28.8 Å². The smallest absolute Gasteiger partial charge is 0.328 e. The topological polar surface area (TPSA) is 178 Å². The Hall–Kier alpha value is -4.06. The zero-order chi connectivity index (χ0) is 29.2. The quantitative estimate of drug-likeness (QED) is 0.0664. The number of anilines is 1. The maximum Gasteiger partial charge on any atom is 0.328 e. The van der Waals surface area contributed by atoms with E-state index < -0.39 is 29.9 Å². The molecular weight excluding hydrogens is 540 g/mol. The lowest BCUT2D eigenvalue weighted by Gasteiger charge is -2.24. The molecular formula is C27H41ClN6O6. The first-order valence-corrected chi connectivity index (χ1v) is 12.6. The maximum absolute atomic E-state index is 13.0. The highest BCUT2D eigenvalue weighted by atomic mass is 35.5. The van der Waals surface area contributed by atoms with Gasteiger partial charge < -0.3 is 36.5 Å². The molecule has 0 aliphatic carbocycles. The molecule has 12 nitrogen and oxygen atoms in total. The van der Waals surface area contributed by atoms with Gasteiger partial charge in [0.15, 0.2) is 5.96 Å². The molecule has 40 heavy (non-hydrogen) atoms. The number of nitrogens with two attached hydrogens (primary N) is 2. The van der Waals surface area contributed by atoms with Crippen molar-refractivity contribution < 1.29 is 28.7 Å². The van der Waals surface area contributed by atoms with E-state index in [1.54, 1.807) is 30.3 Å². The van der Waals surface area contributed by atoms with Crippen LogP contribution in [-0.2, 0) is 23.9 Å². The van der Waals surface area contributed by atoms with Crippen LogP contribution in [0.25, 0.3) is 0 Å². The van der Waals surface area contributed by atoms with E-state index in [0.717, 1.165) is 0 Å². The third kappa shape index (κ3) is 13.7. The molecule has 1 aromatic rings. The molecule has 1 rings (SSSR count). The number of benzene rings is 1. The lowest BCUT2D eigenvalue weighted by atomic mass is 10.1. The standard InChI is InChI=1S/C27H40N6O6.ClH/c1-5-9-23(26(37)38-4)32-25(36)22(10-7-8-16-30-27(28)29)31-24(35)15-17-33(19(3)34)20-11-13-21(14-12-20)39-18-6-2;/h5-6,11-14,22-23H,1-2,7-10,15-18H2,3-4H3,(H,31,35)(H,32,36)(H4,28,29,30);1H/t22-,23-;/m0./s1. The number of hydrogen-bond donors (Lipinski definition) is 4. The van der Waals surface area contributed by atoms with Crippen molar-refractivity contribution in [3.8, 4) is 5.75 Å². The Morgan fingerprint density at radius 3 is 2.27 bits per heavy atom. The van der Waals surface area contributed by atoms with Gasteiger partial charge in [0.2, 0.25) is 17.7 Å². The molecule has 0 aliphatic heterocycles. The van der Waals surface area contributed by atoms with Crippen molar-refractivity contribution >= 4 is 47.7 Å². The van der Waals surface area contributed by atoms with E-state index in [9.17, 15) is 19.2 Å². The SMILES string of the molecule is C=CCOc1ccc(N(CCC(=O)N[C@@H](CCCCN=C(N)N)C(=O)N[C@@H](CC=C)C(=O)OC)C(C)=O)cc1.Cl. The van der Waals surface area contributed by atoms with Gasteiger partial charge in [-0.25, -0.2) is 4.79 Å². The Bertz CT molecular complexity index is 1010. The van der Waals surface area contributed by atoms with Crippen molar-refractivity contribution in [1.29, 1.82) is 0 Å². The van der Waals surface area contributed by atoms with Crippen molar-refractivity contribution in [2.45, 2.75) is 51.1 Å². The molecule has 6 N–H and O–H groups in total. The van der Waals surface area contributed by atoms with E-state index in [1.807, 2.05) is 0 Å². The fourth-order valence-corrected chi connectivity index (χ4v) is 3.56. The summed E-state index contributed by atoms with van der Waals surface area (Å²) in [5, 5.41) is 5.33. The van der Waals surface area contributed by atoms with Crippen LogP contribution >= 0.6 is 12.4 Å². The number of carbonyl (C=O) groups excluding carboxylic acids is 4. The number of hydrogen-bond acceptors (Lipinski definition) is 7. The van der Waals surface area contributed by atoms with Crippen LogP contribution in [0.4, 0.5) is 5.69 Å². The van der Waals surface area contributed by atoms with Crippen LogP contribution in [0.1, 0.15) is 39.0 Å². The molecule has 0 spiro atoms. The fraction of sp³-hybridized carbons (Fsp3) is 0.444. The zero-order valence-corrected chi connectivity index (χ0v) is 23.9. The lowest BCUT2D eigenvalue weighted by molar-refractivity contribution is -0.145. The van der Waals surface area contributed by atoms with Crippen LogP contribution in [0.5, 0.6) is 5.75 Å². The van der Waals surface area contributed by atoms with Crippen LogP contribution < -0.4 is 31.7 Å². The Balaban J connectivity index is 0.0000152. The summed E-state index contributed by atoms with van der Waals surface area (Å²) in [6, 6.07) is 5.01. The second kappa shape index (κ2) is 19.9. The first-order valence-electron chi connectivity index (χ1n) is 12.6. The molecule has 0 heterocycles. The van der Waals surface area contributed by atoms with Crippen LogP contribution in [0.3, 0.4) is 0 Å². The van der Waals surface area contributed by atoms with Crippen LogP contribution in [0, 0.1) is 0 Å². The summed E-state index contributed by atoms with van der Waals surface area (Å²) >= 11 is 0. The molecule has 0 aromatic heterocycles. The molecule has 0 bridgehead atoms. The number of carbonyl (C=O) groups is 4. The van der Waals surface area contributed by atoms with Gasteiger partial charge in [-0.3, -0.25) is 19.4 Å². The van der Waals surface area contributed by atoms with E-state index in [1.165, 1.54) is 25.0 Å². The fourth-order valence-electron chi connectivity index (χ4n) is 3.56. The molecule has 0 aliphatic rings. The molecule has 0 radical (unpaired) electrons. The second-order valence-corrected chi connectivity index (χ2v) is 8.55. The zero-order valence-electron chi connectivity index (χ0n) is 23.1. The average molecular weight is 581 g/mol. The molecule has 222 valence electrons. The largest absolute Gasteiger partial charge is 0.490 e. The Morgan fingerprint density at radius 2 is 1.73 bits per heavy atom. The molecule has 2 atom stereocenters. The third-order valence-electron chi connectivity index (χ3n) is 5.51. The minimum absolute atomic E-state index is 0. The van der Waals surface area contributed by atoms with Crippen molar-refractivity contribution in [1.82, 2.24) is 10.6 Å². The number of unbranched alkanes of at least 4 members (excludes halogenated alkanes) is 1. The van der Waals surface area contributed by atoms with E-state index in [4.69, 9.17) is 20.9 Å². The molecule has 13 heteroatoms. The normalized spacial score (nSPS) is 11.4. The molecule has 0 saturated carbocycles. The second-order valence-electron chi connectivity index (χ2n) is 8.55. The number of ether oxygens (including phenoxy) is 2. The number of aliphatic imine (C=N–C) groups is 1.